The van der Waals surface area contributed by atoms with E-state index < -0.39 is 0 Å². The van der Waals surface area contributed by atoms with Crippen LogP contribution in [0.5, 0.6) is 0 Å². The van der Waals surface area contributed by atoms with Crippen LogP contribution in [-0.2, 0) is 25.7 Å². The van der Waals surface area contributed by atoms with Crippen molar-refractivity contribution in [3.05, 3.63) is 65.6 Å². The maximum absolute atomic E-state index is 16.6. The van der Waals surface area contributed by atoms with Gasteiger partial charge in [-0.2, -0.15) is 0 Å². The number of unbranched alkanes of at least 4 members (excludes halogenated alkanes) is 20. The quantitative estimate of drug-likeness (QED) is 0.0290. The van der Waals surface area contributed by atoms with Gasteiger partial charge in [-0.25, -0.2) is 4.39 Å². The summed E-state index contributed by atoms with van der Waals surface area (Å²) in [6.45, 7) is 15.9. The Morgan fingerprint density at radius 3 is 1.40 bits per heavy atom. The van der Waals surface area contributed by atoms with E-state index in [9.17, 15) is 4.79 Å². The van der Waals surface area contributed by atoms with E-state index in [4.69, 9.17) is 0 Å². The third-order valence-corrected chi connectivity index (χ3v) is 22.0. The molecule has 7 rings (SSSR count). The highest BCUT2D eigenvalue weighted by molar-refractivity contribution is 7.32. The Hall–Kier alpha value is -2.20. The van der Waals surface area contributed by atoms with Crippen LogP contribution in [0.15, 0.2) is 24.3 Å². The van der Waals surface area contributed by atoms with Gasteiger partial charge in [-0.15, -0.1) is 68.0 Å². The molecule has 0 saturated carbocycles. The molecule has 0 unspecified atom stereocenters. The molecule has 6 aromatic heterocycles. The standard InChI is InChI=1S/C62H85FOS6/c1-8-13-18-23-24-25-26-27-30-35-48(64)60-57(63)54-43(7)66-61(62(54)70-60)53-41-47-56(52-40-45(34-29-20-15-10-3)50(68-52)37-32-22-17-12-5)58-46(38-42(6)65-58)55(59(47)69-53)51-39-44(33-28-19-14-9-2)49(67-51)36-31-21-16-11-4/h38-41H,8-37H2,1-7H3. The fraction of sp³-hybridized carbons (Fsp3) is 0.597. The lowest BCUT2D eigenvalue weighted by molar-refractivity contribution is 0.0979. The van der Waals surface area contributed by atoms with Gasteiger partial charge in [-0.3, -0.25) is 4.79 Å². The molecule has 7 aromatic rings. The summed E-state index contributed by atoms with van der Waals surface area (Å²) in [5, 5.41) is 3.42. The number of halogens is 1. The first kappa shape index (κ1) is 55.5. The third-order valence-electron chi connectivity index (χ3n) is 14.6. The second-order valence-corrected chi connectivity index (χ2v) is 27.3. The molecule has 0 N–H and O–H groups in total. The van der Waals surface area contributed by atoms with Crippen molar-refractivity contribution in [1.29, 1.82) is 0 Å². The van der Waals surface area contributed by atoms with Crippen molar-refractivity contribution in [3.63, 3.8) is 0 Å². The van der Waals surface area contributed by atoms with Gasteiger partial charge in [0.1, 0.15) is 4.88 Å². The van der Waals surface area contributed by atoms with Gasteiger partial charge in [0.05, 0.1) is 9.58 Å². The summed E-state index contributed by atoms with van der Waals surface area (Å²) >= 11 is 11.2. The Kier molecular flexibility index (Phi) is 22.6. The number of thiophene rings is 6. The van der Waals surface area contributed by atoms with Crippen molar-refractivity contribution in [1.82, 2.24) is 0 Å². The lowest BCUT2D eigenvalue weighted by Crippen LogP contribution is -1.98. The van der Waals surface area contributed by atoms with Crippen LogP contribution in [0.25, 0.3) is 60.9 Å². The highest BCUT2D eigenvalue weighted by Crippen LogP contribution is 2.56. The van der Waals surface area contributed by atoms with E-state index >= 15 is 4.39 Å². The van der Waals surface area contributed by atoms with Gasteiger partial charge in [-0.1, -0.05) is 163 Å². The molecular weight excluding hydrogens is 972 g/mol. The van der Waals surface area contributed by atoms with Crippen molar-refractivity contribution >= 4 is 104 Å². The average molecular weight is 1060 g/mol. The molecule has 70 heavy (non-hydrogen) atoms. The number of hydrogen-bond donors (Lipinski definition) is 0. The molecule has 0 amide bonds. The van der Waals surface area contributed by atoms with Crippen LogP contribution in [-0.4, -0.2) is 5.78 Å². The minimum Gasteiger partial charge on any atom is -0.293 e. The summed E-state index contributed by atoms with van der Waals surface area (Å²) in [4.78, 5) is 24.9. The van der Waals surface area contributed by atoms with Gasteiger partial charge >= 0.3 is 0 Å². The second-order valence-electron chi connectivity index (χ2n) is 20.5. The summed E-state index contributed by atoms with van der Waals surface area (Å²) in [5.74, 6) is -0.302. The second kappa shape index (κ2) is 28.5. The summed E-state index contributed by atoms with van der Waals surface area (Å²) in [6, 6.07) is 10.2. The maximum Gasteiger partial charge on any atom is 0.175 e. The topological polar surface area (TPSA) is 17.1 Å². The van der Waals surface area contributed by atoms with Gasteiger partial charge < -0.3 is 0 Å². The van der Waals surface area contributed by atoms with Crippen LogP contribution in [0, 0.1) is 19.7 Å². The molecule has 382 valence electrons. The van der Waals surface area contributed by atoms with Crippen LogP contribution in [0.1, 0.15) is 242 Å². The zero-order valence-corrected chi connectivity index (χ0v) is 49.2. The monoisotopic (exact) mass is 1060 g/mol. The molecule has 0 fully saturated rings. The first-order valence-corrected chi connectivity index (χ1v) is 33.1. The van der Waals surface area contributed by atoms with E-state index in [0.29, 0.717) is 16.7 Å². The number of benzene rings is 1. The van der Waals surface area contributed by atoms with Crippen LogP contribution in [0.3, 0.4) is 0 Å². The molecule has 0 bridgehead atoms. The molecule has 0 aliphatic rings. The lowest BCUT2D eigenvalue weighted by Gasteiger charge is -2.10. The molecule has 8 heteroatoms. The number of carbonyl (C=O) groups is 1. The van der Waals surface area contributed by atoms with Gasteiger partial charge in [0.2, 0.25) is 0 Å². The summed E-state index contributed by atoms with van der Waals surface area (Å²) in [6.07, 6.45) is 36.4. The maximum atomic E-state index is 16.6. The third kappa shape index (κ3) is 13.9. The van der Waals surface area contributed by atoms with Gasteiger partial charge in [0.25, 0.3) is 0 Å². The van der Waals surface area contributed by atoms with Crippen LogP contribution in [0.2, 0.25) is 0 Å². The molecule has 0 spiro atoms. The number of carbonyl (C=O) groups excluding carboxylic acids is 1. The Labute approximate surface area is 447 Å². The zero-order chi connectivity index (χ0) is 49.4. The molecular formula is C62H85FOS6. The van der Waals surface area contributed by atoms with E-state index in [1.807, 2.05) is 22.7 Å². The summed E-state index contributed by atoms with van der Waals surface area (Å²) in [5.41, 5.74) is 5.96. The Bertz CT molecular complexity index is 2530. The van der Waals surface area contributed by atoms with E-state index in [1.165, 1.54) is 216 Å². The Morgan fingerprint density at radius 2 is 0.886 bits per heavy atom. The summed E-state index contributed by atoms with van der Waals surface area (Å²) < 4.78 is 20.4. The van der Waals surface area contributed by atoms with Crippen LogP contribution in [0.4, 0.5) is 4.39 Å². The number of aryl methyl sites for hydroxylation is 6. The van der Waals surface area contributed by atoms with Crippen molar-refractivity contribution in [3.8, 4) is 30.6 Å². The average Bonchev–Trinajstić information content (AvgIpc) is 4.22. The minimum absolute atomic E-state index is 0.0177. The lowest BCUT2D eigenvalue weighted by atomic mass is 9.97. The molecule has 6 heterocycles. The molecule has 1 nitrogen and oxygen atoms in total. The first-order chi connectivity index (χ1) is 34.2. The van der Waals surface area contributed by atoms with E-state index in [2.05, 4.69) is 95.4 Å². The fourth-order valence-corrected chi connectivity index (χ4v) is 18.4. The van der Waals surface area contributed by atoms with Crippen molar-refractivity contribution in [2.24, 2.45) is 0 Å². The Balaban J connectivity index is 1.34. The van der Waals surface area contributed by atoms with Gasteiger partial charge in [0.15, 0.2) is 11.6 Å². The molecule has 0 saturated heterocycles. The van der Waals surface area contributed by atoms with E-state index in [-0.39, 0.29) is 11.6 Å². The number of Topliss-reactive ketones (excluding diaryl/α,β-unsaturated/α-hetero) is 1. The minimum atomic E-state index is -0.285. The molecule has 1 aromatic carbocycles. The normalized spacial score (nSPS) is 12.1. The predicted octanol–water partition coefficient (Wildman–Crippen LogP) is 23.9. The van der Waals surface area contributed by atoms with Crippen molar-refractivity contribution < 1.29 is 9.18 Å². The number of rotatable bonds is 34. The number of fused-ring (bicyclic) bond motifs is 3. The molecule has 0 atom stereocenters. The van der Waals surface area contributed by atoms with Gasteiger partial charge in [-0.05, 0) is 107 Å². The molecule has 0 aliphatic carbocycles. The number of hydrogen-bond acceptors (Lipinski definition) is 7. The van der Waals surface area contributed by atoms with Crippen LogP contribution >= 0.6 is 68.0 Å². The van der Waals surface area contributed by atoms with E-state index in [1.54, 1.807) is 32.2 Å². The molecule has 0 aliphatic heterocycles. The van der Waals surface area contributed by atoms with Crippen molar-refractivity contribution in [2.45, 2.75) is 241 Å². The smallest absolute Gasteiger partial charge is 0.175 e. The largest absolute Gasteiger partial charge is 0.293 e. The van der Waals surface area contributed by atoms with Crippen molar-refractivity contribution in [2.75, 3.05) is 0 Å². The highest BCUT2D eigenvalue weighted by Gasteiger charge is 2.29. The summed E-state index contributed by atoms with van der Waals surface area (Å²) in [7, 11) is 0. The first-order valence-electron chi connectivity index (χ1n) is 28.2. The van der Waals surface area contributed by atoms with E-state index in [0.717, 1.165) is 46.6 Å². The SMILES string of the molecule is CCCCCCCCCCCC(=O)c1sc2c(-c3cc4c(-c5cc(CCCCCC)c(CCCCCC)s5)c5sc(C)cc5c(-c5cc(CCCCCC)c(CCCCCC)s5)c4s3)sc(C)c2c1F. The van der Waals surface area contributed by atoms with Crippen LogP contribution < -0.4 is 0 Å². The number of ketones is 1. The zero-order valence-electron chi connectivity index (χ0n) is 44.3. The fourth-order valence-electron chi connectivity index (χ4n) is 10.6. The highest BCUT2D eigenvalue weighted by atomic mass is 32.1. The molecule has 0 radical (unpaired) electrons. The van der Waals surface area contributed by atoms with Gasteiger partial charge in [0, 0.05) is 77.2 Å². The predicted molar refractivity (Wildman–Crippen MR) is 320 cm³/mol. The Morgan fingerprint density at radius 1 is 0.443 bits per heavy atom.